The molecule has 1 aromatic rings. The average molecular weight is 541 g/mol. The minimum Gasteiger partial charge on any atom is -0.459 e. The van der Waals surface area contributed by atoms with Gasteiger partial charge in [-0.25, -0.2) is 9.59 Å². The van der Waals surface area contributed by atoms with Crippen LogP contribution in [0.25, 0.3) is 0 Å². The summed E-state index contributed by atoms with van der Waals surface area (Å²) in [6.07, 6.45) is -3.72. The topological polar surface area (TPSA) is 121 Å². The van der Waals surface area contributed by atoms with Gasteiger partial charge in [0.1, 0.15) is 17.8 Å². The van der Waals surface area contributed by atoms with Crippen LogP contribution in [0.4, 0.5) is 0 Å². The first-order valence-corrected chi connectivity index (χ1v) is 13.9. The van der Waals surface area contributed by atoms with Crippen molar-refractivity contribution < 1.29 is 43.5 Å². The quantitative estimate of drug-likeness (QED) is 0.428. The van der Waals surface area contributed by atoms with E-state index in [1.54, 1.807) is 13.0 Å². The molecule has 9 heteroatoms. The van der Waals surface area contributed by atoms with Crippen molar-refractivity contribution in [2.24, 2.45) is 28.1 Å². The average Bonchev–Trinajstić information content (AvgIpc) is 3.60. The predicted molar refractivity (Wildman–Crippen MR) is 135 cm³/mol. The summed E-state index contributed by atoms with van der Waals surface area (Å²) in [6.45, 7) is 11.9. The molecule has 4 heterocycles. The summed E-state index contributed by atoms with van der Waals surface area (Å²) in [5, 5.41) is 25.0. The Bertz CT molecular complexity index is 1240. The summed E-state index contributed by atoms with van der Waals surface area (Å²) >= 11 is 0. The molecule has 4 saturated heterocycles. The fourth-order valence-corrected chi connectivity index (χ4v) is 9.71. The Hall–Kier alpha value is -2.30. The van der Waals surface area contributed by atoms with Gasteiger partial charge in [0.25, 0.3) is 0 Å². The van der Waals surface area contributed by atoms with Crippen molar-refractivity contribution >= 4 is 11.9 Å². The van der Waals surface area contributed by atoms with Crippen LogP contribution in [0.2, 0.25) is 0 Å². The van der Waals surface area contributed by atoms with Crippen molar-refractivity contribution in [2.45, 2.75) is 95.2 Å². The number of ether oxygens (including phenoxy) is 5. The fourth-order valence-electron chi connectivity index (χ4n) is 9.71. The van der Waals surface area contributed by atoms with Crippen molar-refractivity contribution in [2.75, 3.05) is 0 Å². The monoisotopic (exact) mass is 540 g/mol. The molecule has 9 nitrogen and oxygen atoms in total. The van der Waals surface area contributed by atoms with Gasteiger partial charge < -0.3 is 33.9 Å². The summed E-state index contributed by atoms with van der Waals surface area (Å²) in [5.74, 6) is -2.28. The van der Waals surface area contributed by atoms with Gasteiger partial charge in [0.2, 0.25) is 11.9 Å². The van der Waals surface area contributed by atoms with Crippen LogP contribution in [0.3, 0.4) is 0 Å². The summed E-state index contributed by atoms with van der Waals surface area (Å²) in [4.78, 5) is 27.6. The van der Waals surface area contributed by atoms with Crippen LogP contribution >= 0.6 is 0 Å². The highest BCUT2D eigenvalue weighted by atomic mass is 16.8. The Morgan fingerprint density at radius 2 is 1.90 bits per heavy atom. The normalized spacial score (nSPS) is 50.8. The molecular weight excluding hydrogens is 504 g/mol. The van der Waals surface area contributed by atoms with Crippen LogP contribution in [0, 0.1) is 28.1 Å². The molecular formula is C30H36O9. The summed E-state index contributed by atoms with van der Waals surface area (Å²) in [6, 6.07) is 9.47. The van der Waals surface area contributed by atoms with Crippen LogP contribution in [-0.4, -0.2) is 70.2 Å². The second-order valence-electron chi connectivity index (χ2n) is 13.3. The highest BCUT2D eigenvalue weighted by Gasteiger charge is 3.03. The molecule has 1 aromatic carbocycles. The number of aliphatic hydroxyl groups excluding tert-OH is 1. The molecule has 7 rings (SSSR count). The molecule has 2 saturated carbocycles. The third kappa shape index (κ3) is 2.49. The van der Waals surface area contributed by atoms with Gasteiger partial charge in [-0.2, -0.15) is 0 Å². The number of carbonyl (C=O) groups excluding carboxylic acids is 2. The molecule has 39 heavy (non-hydrogen) atoms. The predicted octanol–water partition coefficient (Wildman–Crippen LogP) is 2.27. The summed E-state index contributed by atoms with van der Waals surface area (Å²) in [5.41, 5.74) is -6.33. The van der Waals surface area contributed by atoms with Crippen molar-refractivity contribution in [3.05, 3.63) is 48.6 Å². The minimum absolute atomic E-state index is 0.118. The number of aliphatic hydroxyl groups is 2. The van der Waals surface area contributed by atoms with Crippen LogP contribution in [0.1, 0.15) is 46.1 Å². The van der Waals surface area contributed by atoms with Gasteiger partial charge in [-0.15, -0.1) is 6.58 Å². The van der Waals surface area contributed by atoms with E-state index in [0.29, 0.717) is 12.8 Å². The lowest BCUT2D eigenvalue weighted by atomic mass is 9.50. The molecule has 0 aromatic heterocycles. The standard InChI is InChI=1S/C30H36O9/c1-6-10-17-15(2)29(34)21(36-17)20(31)28-19-13-18(26(3,4)5)27(28)22(35-14-16-11-8-7-9-12-16)23(32)38-25(27)39-30(28,29)24(33)37-19/h6-9,11-12,15,17-22,25,31,34H,1,10,13-14H2,2-5H3/t15-,17+,18+,19+,20-,21-,22+,25-,27-,28-,29+,30+/m1/s1. The largest absolute Gasteiger partial charge is 0.459 e. The highest BCUT2D eigenvalue weighted by Crippen LogP contribution is 2.85. The Balaban J connectivity index is 1.45. The first-order valence-electron chi connectivity index (χ1n) is 13.9. The van der Waals surface area contributed by atoms with Gasteiger partial charge in [0, 0.05) is 5.92 Å². The zero-order valence-electron chi connectivity index (χ0n) is 22.7. The molecule has 0 unspecified atom stereocenters. The second-order valence-corrected chi connectivity index (χ2v) is 13.3. The molecule has 6 aliphatic rings. The van der Waals surface area contributed by atoms with Crippen molar-refractivity contribution in [1.82, 2.24) is 0 Å². The number of hydrogen-bond donors (Lipinski definition) is 2. The van der Waals surface area contributed by atoms with Crippen molar-refractivity contribution in [3.8, 4) is 0 Å². The third-order valence-corrected chi connectivity index (χ3v) is 10.9. The molecule has 2 aliphatic carbocycles. The first kappa shape index (κ1) is 25.7. The maximum atomic E-state index is 14.0. The first-order chi connectivity index (χ1) is 18.4. The van der Waals surface area contributed by atoms with Gasteiger partial charge >= 0.3 is 11.9 Å². The van der Waals surface area contributed by atoms with E-state index in [4.69, 9.17) is 23.7 Å². The van der Waals surface area contributed by atoms with Gasteiger partial charge in [0.15, 0.2) is 6.10 Å². The number of benzene rings is 1. The molecule has 12 atom stereocenters. The molecule has 0 radical (unpaired) electrons. The van der Waals surface area contributed by atoms with Gasteiger partial charge in [-0.1, -0.05) is 64.1 Å². The SMILES string of the molecule is C=CC[C@@H]1O[C@@H]2[C@@H](O)[C@]34[C@@H]5C[C@@H](C(C)(C)C)[C@@]36[C@H](OC(=O)[C@@H]6OCc3ccccc3)O[C@]4(C(=O)O5)[C@]2(O)[C@@H]1C. The van der Waals surface area contributed by atoms with Crippen LogP contribution in [0.5, 0.6) is 0 Å². The highest BCUT2D eigenvalue weighted by molar-refractivity contribution is 5.91. The van der Waals surface area contributed by atoms with E-state index in [9.17, 15) is 19.8 Å². The number of rotatable bonds is 5. The molecule has 0 bridgehead atoms. The lowest BCUT2D eigenvalue weighted by Gasteiger charge is -2.49. The lowest BCUT2D eigenvalue weighted by molar-refractivity contribution is -0.240. The molecule has 6 fully saturated rings. The summed E-state index contributed by atoms with van der Waals surface area (Å²) in [7, 11) is 0. The van der Waals surface area contributed by atoms with E-state index in [1.165, 1.54) is 0 Å². The summed E-state index contributed by atoms with van der Waals surface area (Å²) < 4.78 is 31.3. The van der Waals surface area contributed by atoms with Crippen molar-refractivity contribution in [1.29, 1.82) is 0 Å². The molecule has 4 aliphatic heterocycles. The molecule has 2 N–H and O–H groups in total. The molecule has 0 amide bonds. The number of hydrogen-bond acceptors (Lipinski definition) is 9. The smallest absolute Gasteiger partial charge is 0.342 e. The third-order valence-electron chi connectivity index (χ3n) is 10.9. The maximum Gasteiger partial charge on any atom is 0.342 e. The number of carbonyl (C=O) groups is 2. The minimum atomic E-state index is -2.00. The van der Waals surface area contributed by atoms with E-state index in [1.807, 2.05) is 30.3 Å². The van der Waals surface area contributed by atoms with E-state index < -0.39 is 82.1 Å². The van der Waals surface area contributed by atoms with Gasteiger partial charge in [0.05, 0.1) is 29.6 Å². The zero-order chi connectivity index (χ0) is 27.8. The van der Waals surface area contributed by atoms with Crippen LogP contribution in [-0.2, 0) is 39.9 Å². The van der Waals surface area contributed by atoms with E-state index >= 15 is 0 Å². The zero-order valence-corrected chi connectivity index (χ0v) is 22.7. The number of fused-ring (bicyclic) bond motifs is 1. The van der Waals surface area contributed by atoms with E-state index in [0.717, 1.165) is 5.56 Å². The number of esters is 2. The fraction of sp³-hybridized carbons (Fsp3) is 0.667. The Labute approximate surface area is 227 Å². The van der Waals surface area contributed by atoms with Crippen molar-refractivity contribution in [3.63, 3.8) is 0 Å². The van der Waals surface area contributed by atoms with Crippen LogP contribution in [0.15, 0.2) is 43.0 Å². The van der Waals surface area contributed by atoms with E-state index in [2.05, 4.69) is 27.4 Å². The Kier molecular flexibility index (Phi) is 5.07. The second kappa shape index (κ2) is 7.70. The maximum absolute atomic E-state index is 14.0. The van der Waals surface area contributed by atoms with E-state index in [-0.39, 0.29) is 12.5 Å². The Morgan fingerprint density at radius 1 is 1.18 bits per heavy atom. The molecule has 2 spiro atoms. The van der Waals surface area contributed by atoms with Gasteiger partial charge in [-0.05, 0) is 29.7 Å². The Morgan fingerprint density at radius 3 is 2.56 bits per heavy atom. The van der Waals surface area contributed by atoms with Gasteiger partial charge in [-0.3, -0.25) is 0 Å². The molecule has 210 valence electrons. The lowest BCUT2D eigenvalue weighted by Crippen LogP contribution is -2.67. The van der Waals surface area contributed by atoms with Crippen LogP contribution < -0.4 is 0 Å².